The second-order valence-electron chi connectivity index (χ2n) is 7.25. The Bertz CT molecular complexity index is 1180. The molecule has 1 amide bonds. The second kappa shape index (κ2) is 9.41. The number of benzene rings is 1. The fourth-order valence-corrected chi connectivity index (χ4v) is 3.41. The van der Waals surface area contributed by atoms with E-state index in [1.54, 1.807) is 30.7 Å². The first-order valence-corrected chi connectivity index (χ1v) is 9.89. The molecule has 1 N–H and O–H groups in total. The van der Waals surface area contributed by atoms with E-state index in [2.05, 4.69) is 15.5 Å². The van der Waals surface area contributed by atoms with Gasteiger partial charge in [-0.1, -0.05) is 18.2 Å². The normalized spacial score (nSPS) is 10.8. The Hall–Kier alpha value is -4.02. The molecule has 11 nitrogen and oxygen atoms in total. The lowest BCUT2D eigenvalue weighted by Gasteiger charge is -2.10. The molecule has 0 saturated carbocycles. The summed E-state index contributed by atoms with van der Waals surface area (Å²) < 4.78 is 7.99. The van der Waals surface area contributed by atoms with Crippen molar-refractivity contribution in [1.29, 1.82) is 0 Å². The van der Waals surface area contributed by atoms with E-state index in [1.165, 1.54) is 18.0 Å². The quantitative estimate of drug-likeness (QED) is 0.323. The molecule has 1 aromatic carbocycles. The maximum atomic E-state index is 12.5. The van der Waals surface area contributed by atoms with Gasteiger partial charge in [0.05, 0.1) is 47.8 Å². The fourth-order valence-electron chi connectivity index (χ4n) is 3.41. The molecule has 2 aromatic heterocycles. The summed E-state index contributed by atoms with van der Waals surface area (Å²) in [5.74, 6) is -0.687. The molecule has 3 aromatic rings. The highest BCUT2D eigenvalue weighted by Crippen LogP contribution is 2.22. The third-order valence-corrected chi connectivity index (χ3v) is 5.21. The number of rotatable bonds is 8. The summed E-state index contributed by atoms with van der Waals surface area (Å²) in [6, 6.07) is 7.11. The number of nitrogens with one attached hydrogen (secondary N) is 1. The minimum Gasteiger partial charge on any atom is -0.465 e. The molecule has 0 bridgehead atoms. The molecule has 168 valence electrons. The number of nitrogens with zero attached hydrogens (tertiary/aromatic N) is 5. The van der Waals surface area contributed by atoms with Crippen LogP contribution in [0.2, 0.25) is 0 Å². The Morgan fingerprint density at radius 1 is 1.16 bits per heavy atom. The lowest BCUT2D eigenvalue weighted by atomic mass is 10.1. The molecule has 0 saturated heterocycles. The topological polar surface area (TPSA) is 134 Å². The Morgan fingerprint density at radius 2 is 1.88 bits per heavy atom. The van der Waals surface area contributed by atoms with Crippen LogP contribution >= 0.6 is 0 Å². The van der Waals surface area contributed by atoms with E-state index in [0.717, 1.165) is 11.3 Å². The summed E-state index contributed by atoms with van der Waals surface area (Å²) in [5.41, 5.74) is 3.49. The van der Waals surface area contributed by atoms with Crippen LogP contribution in [0.5, 0.6) is 0 Å². The lowest BCUT2D eigenvalue weighted by Crippen LogP contribution is -2.16. The van der Waals surface area contributed by atoms with Crippen molar-refractivity contribution in [3.63, 3.8) is 0 Å². The van der Waals surface area contributed by atoms with Crippen LogP contribution in [0.4, 0.5) is 11.4 Å². The predicted octanol–water partition coefficient (Wildman–Crippen LogP) is 2.78. The Kier molecular flexibility index (Phi) is 6.67. The predicted molar refractivity (Wildman–Crippen MR) is 115 cm³/mol. The molecule has 0 aliphatic heterocycles. The van der Waals surface area contributed by atoms with Gasteiger partial charge in [-0.2, -0.15) is 10.2 Å². The van der Waals surface area contributed by atoms with Gasteiger partial charge in [0.1, 0.15) is 11.9 Å². The summed E-state index contributed by atoms with van der Waals surface area (Å²) >= 11 is 0. The minimum absolute atomic E-state index is 0.0781. The number of esters is 1. The first-order chi connectivity index (χ1) is 15.2. The maximum Gasteiger partial charge on any atom is 0.338 e. The van der Waals surface area contributed by atoms with Gasteiger partial charge in [-0.25, -0.2) is 4.79 Å². The molecule has 0 aliphatic carbocycles. The first-order valence-electron chi connectivity index (χ1n) is 9.89. The number of carbonyl (C=O) groups excluding carboxylic acids is 2. The Balaban J connectivity index is 1.71. The number of anilines is 1. The van der Waals surface area contributed by atoms with Crippen molar-refractivity contribution in [3.05, 3.63) is 68.8 Å². The molecular formula is C21H24N6O5. The third-order valence-electron chi connectivity index (χ3n) is 5.21. The van der Waals surface area contributed by atoms with Crippen molar-refractivity contribution >= 4 is 23.3 Å². The van der Waals surface area contributed by atoms with Gasteiger partial charge in [0.25, 0.3) is 0 Å². The molecular weight excluding hydrogens is 416 g/mol. The van der Waals surface area contributed by atoms with Crippen LogP contribution in [-0.2, 0) is 22.6 Å². The number of aromatic nitrogens is 4. The highest BCUT2D eigenvalue weighted by molar-refractivity contribution is 5.92. The van der Waals surface area contributed by atoms with Gasteiger partial charge < -0.3 is 10.1 Å². The smallest absolute Gasteiger partial charge is 0.338 e. The van der Waals surface area contributed by atoms with Crippen LogP contribution < -0.4 is 5.32 Å². The van der Waals surface area contributed by atoms with Gasteiger partial charge in [-0.05, 0) is 32.4 Å². The van der Waals surface area contributed by atoms with E-state index in [1.807, 2.05) is 19.1 Å². The molecule has 2 heterocycles. The van der Waals surface area contributed by atoms with Crippen molar-refractivity contribution in [2.24, 2.45) is 0 Å². The van der Waals surface area contributed by atoms with E-state index >= 15 is 0 Å². The van der Waals surface area contributed by atoms with Gasteiger partial charge in [-0.15, -0.1) is 0 Å². The zero-order valence-corrected chi connectivity index (χ0v) is 18.3. The average Bonchev–Trinajstić information content (AvgIpc) is 3.26. The summed E-state index contributed by atoms with van der Waals surface area (Å²) in [6.45, 7) is 5.76. The summed E-state index contributed by atoms with van der Waals surface area (Å²) in [5, 5.41) is 22.3. The van der Waals surface area contributed by atoms with Gasteiger partial charge in [0, 0.05) is 6.42 Å². The molecule has 0 aliphatic rings. The van der Waals surface area contributed by atoms with Crippen LogP contribution in [0.15, 0.2) is 30.5 Å². The number of ether oxygens (including phenoxy) is 1. The molecule has 0 fully saturated rings. The van der Waals surface area contributed by atoms with E-state index in [0.29, 0.717) is 29.2 Å². The molecule has 0 unspecified atom stereocenters. The van der Waals surface area contributed by atoms with E-state index in [-0.39, 0.29) is 24.6 Å². The van der Waals surface area contributed by atoms with Crippen LogP contribution in [0, 0.1) is 30.9 Å². The Labute approximate surface area is 184 Å². The first kappa shape index (κ1) is 22.7. The van der Waals surface area contributed by atoms with Crippen molar-refractivity contribution in [2.45, 2.75) is 40.3 Å². The van der Waals surface area contributed by atoms with Crippen molar-refractivity contribution < 1.29 is 19.2 Å². The fraction of sp³-hybridized carbons (Fsp3) is 0.333. The molecule has 0 spiro atoms. The maximum absolute atomic E-state index is 12.5. The summed E-state index contributed by atoms with van der Waals surface area (Å²) in [6.07, 6.45) is 1.27. The summed E-state index contributed by atoms with van der Waals surface area (Å²) in [4.78, 5) is 35.0. The van der Waals surface area contributed by atoms with Gasteiger partial charge >= 0.3 is 11.7 Å². The van der Waals surface area contributed by atoms with Crippen molar-refractivity contribution in [2.75, 3.05) is 12.4 Å². The SMILES string of the molecule is COC(=O)c1ccccc1Cn1nc(C)c(NC(=O)CCn2ncc([N+](=O)[O-])c2C)c1C. The number of hydrogen-bond acceptors (Lipinski definition) is 7. The third kappa shape index (κ3) is 4.66. The monoisotopic (exact) mass is 440 g/mol. The number of hydrogen-bond donors (Lipinski definition) is 1. The minimum atomic E-state index is -0.502. The molecule has 11 heteroatoms. The standard InChI is InChI=1S/C21H24N6O5/c1-13-20(23-19(28)9-10-25-14(2)18(11-22-25)27(30)31)15(3)26(24-13)12-16-7-5-6-8-17(16)21(29)32-4/h5-8,11H,9-10,12H2,1-4H3,(H,23,28). The molecule has 0 atom stereocenters. The van der Waals surface area contributed by atoms with Gasteiger partial charge in [-0.3, -0.25) is 24.3 Å². The highest BCUT2D eigenvalue weighted by Gasteiger charge is 2.19. The highest BCUT2D eigenvalue weighted by atomic mass is 16.6. The number of carbonyl (C=O) groups is 2. The van der Waals surface area contributed by atoms with Crippen LogP contribution in [0.1, 0.15) is 39.4 Å². The van der Waals surface area contributed by atoms with Crippen molar-refractivity contribution in [1.82, 2.24) is 19.6 Å². The number of nitro groups is 1. The zero-order chi connectivity index (χ0) is 23.4. The number of amides is 1. The second-order valence-corrected chi connectivity index (χ2v) is 7.25. The van der Waals surface area contributed by atoms with Gasteiger partial charge in [0.2, 0.25) is 5.91 Å². The van der Waals surface area contributed by atoms with E-state index < -0.39 is 10.9 Å². The molecule has 3 rings (SSSR count). The number of aryl methyl sites for hydroxylation is 2. The van der Waals surface area contributed by atoms with E-state index in [9.17, 15) is 19.7 Å². The Morgan fingerprint density at radius 3 is 2.53 bits per heavy atom. The number of methoxy groups -OCH3 is 1. The van der Waals surface area contributed by atoms with Crippen LogP contribution in [-0.4, -0.2) is 43.5 Å². The molecule has 32 heavy (non-hydrogen) atoms. The average molecular weight is 440 g/mol. The largest absolute Gasteiger partial charge is 0.465 e. The zero-order valence-electron chi connectivity index (χ0n) is 18.3. The molecule has 0 radical (unpaired) electrons. The summed E-state index contributed by atoms with van der Waals surface area (Å²) in [7, 11) is 1.33. The van der Waals surface area contributed by atoms with Crippen LogP contribution in [0.25, 0.3) is 0 Å². The van der Waals surface area contributed by atoms with Gasteiger partial charge in [0.15, 0.2) is 0 Å². The van der Waals surface area contributed by atoms with Crippen LogP contribution in [0.3, 0.4) is 0 Å². The van der Waals surface area contributed by atoms with Crippen molar-refractivity contribution in [3.8, 4) is 0 Å². The van der Waals surface area contributed by atoms with E-state index in [4.69, 9.17) is 4.74 Å². The lowest BCUT2D eigenvalue weighted by molar-refractivity contribution is -0.385.